The minimum Gasteiger partial charge on any atom is -0.462 e. The highest BCUT2D eigenvalue weighted by atomic mass is 16.6. The Morgan fingerprint density at radius 1 is 0.211 bits per heavy atom. The Morgan fingerprint density at radius 2 is 0.355 bits per heavy atom. The third-order valence-corrected chi connectivity index (χ3v) is 16.4. The van der Waals surface area contributed by atoms with E-state index in [-0.39, 0.29) is 31.1 Å². The monoisotopic (exact) mass is 1070 g/mol. The van der Waals surface area contributed by atoms with Gasteiger partial charge in [-0.05, 0) is 19.3 Å². The third kappa shape index (κ3) is 63.2. The van der Waals surface area contributed by atoms with Gasteiger partial charge in [0.1, 0.15) is 13.2 Å². The minimum absolute atomic E-state index is 0.0601. The summed E-state index contributed by atoms with van der Waals surface area (Å²) in [5.41, 5.74) is 0. The van der Waals surface area contributed by atoms with Gasteiger partial charge in [0, 0.05) is 19.3 Å². The van der Waals surface area contributed by atoms with Crippen molar-refractivity contribution in [1.29, 1.82) is 0 Å². The van der Waals surface area contributed by atoms with Gasteiger partial charge in [-0.25, -0.2) is 0 Å². The van der Waals surface area contributed by atoms with Crippen LogP contribution < -0.4 is 0 Å². The van der Waals surface area contributed by atoms with Crippen molar-refractivity contribution >= 4 is 17.9 Å². The Bertz CT molecular complexity index is 1140. The summed E-state index contributed by atoms with van der Waals surface area (Å²) in [5, 5.41) is 0. The average Bonchev–Trinajstić information content (AvgIpc) is 3.42. The van der Waals surface area contributed by atoms with Crippen molar-refractivity contribution in [3.05, 3.63) is 0 Å². The summed E-state index contributed by atoms with van der Waals surface area (Å²) in [6.07, 6.45) is 77.0. The predicted octanol–water partition coefficient (Wildman–Crippen LogP) is 23.8. The number of carbonyl (C=O) groups is 3. The van der Waals surface area contributed by atoms with Crippen LogP contribution in [0.15, 0.2) is 0 Å². The molecule has 0 heterocycles. The highest BCUT2D eigenvalue weighted by molar-refractivity contribution is 5.71. The first-order valence-electron chi connectivity index (χ1n) is 35.0. The van der Waals surface area contributed by atoms with Gasteiger partial charge in [-0.3, -0.25) is 14.4 Å². The number of hydrogen-bond donors (Lipinski definition) is 0. The van der Waals surface area contributed by atoms with Crippen LogP contribution in [0.5, 0.6) is 0 Å². The van der Waals surface area contributed by atoms with E-state index in [9.17, 15) is 14.4 Å². The van der Waals surface area contributed by atoms with E-state index in [4.69, 9.17) is 14.2 Å². The molecule has 0 radical (unpaired) electrons. The van der Waals surface area contributed by atoms with Crippen LogP contribution in [0.2, 0.25) is 0 Å². The van der Waals surface area contributed by atoms with Crippen molar-refractivity contribution in [2.24, 2.45) is 0 Å². The number of carbonyl (C=O) groups excluding carboxylic acids is 3. The Kier molecular flexibility index (Phi) is 64.5. The lowest BCUT2D eigenvalue weighted by molar-refractivity contribution is -0.167. The fraction of sp³-hybridized carbons (Fsp3) is 0.957. The topological polar surface area (TPSA) is 78.9 Å². The molecular weight excluding hydrogens is 937 g/mol. The Balaban J connectivity index is 4.23. The fourth-order valence-electron chi connectivity index (χ4n) is 11.1. The van der Waals surface area contributed by atoms with Gasteiger partial charge >= 0.3 is 17.9 Å². The van der Waals surface area contributed by atoms with Crippen LogP contribution in [0.3, 0.4) is 0 Å². The molecule has 1 atom stereocenters. The van der Waals surface area contributed by atoms with Gasteiger partial charge in [-0.2, -0.15) is 0 Å². The van der Waals surface area contributed by atoms with Gasteiger partial charge in [0.2, 0.25) is 0 Å². The van der Waals surface area contributed by atoms with E-state index in [1.54, 1.807) is 0 Å². The van der Waals surface area contributed by atoms with Gasteiger partial charge in [-0.15, -0.1) is 0 Å². The first-order valence-corrected chi connectivity index (χ1v) is 35.0. The molecule has 76 heavy (non-hydrogen) atoms. The molecule has 0 N–H and O–H groups in total. The molecule has 0 aliphatic heterocycles. The van der Waals surface area contributed by atoms with Crippen LogP contribution >= 0.6 is 0 Å². The molecule has 0 amide bonds. The second kappa shape index (κ2) is 65.9. The molecule has 0 spiro atoms. The van der Waals surface area contributed by atoms with Crippen molar-refractivity contribution in [1.82, 2.24) is 0 Å². The first-order chi connectivity index (χ1) is 37.5. The molecule has 0 saturated heterocycles. The van der Waals surface area contributed by atoms with Gasteiger partial charge in [0.15, 0.2) is 6.10 Å². The number of hydrogen-bond acceptors (Lipinski definition) is 6. The molecule has 0 aromatic carbocycles. The van der Waals surface area contributed by atoms with Crippen molar-refractivity contribution in [3.63, 3.8) is 0 Å². The number of unbranched alkanes of at least 4 members (excludes halogenated alkanes) is 55. The van der Waals surface area contributed by atoms with E-state index < -0.39 is 6.10 Å². The molecule has 0 rings (SSSR count). The zero-order valence-corrected chi connectivity index (χ0v) is 52.1. The van der Waals surface area contributed by atoms with Crippen molar-refractivity contribution in [3.8, 4) is 0 Å². The van der Waals surface area contributed by atoms with E-state index in [0.29, 0.717) is 19.3 Å². The lowest BCUT2D eigenvalue weighted by Gasteiger charge is -2.18. The van der Waals surface area contributed by atoms with Gasteiger partial charge in [0.25, 0.3) is 0 Å². The predicted molar refractivity (Wildman–Crippen MR) is 330 cm³/mol. The van der Waals surface area contributed by atoms with Crippen molar-refractivity contribution in [2.45, 2.75) is 419 Å². The summed E-state index contributed by atoms with van der Waals surface area (Å²) < 4.78 is 17.0. The molecule has 0 bridgehead atoms. The minimum atomic E-state index is -0.763. The molecular formula is C70H136O6. The second-order valence-electron chi connectivity index (χ2n) is 24.2. The van der Waals surface area contributed by atoms with E-state index in [1.165, 1.54) is 315 Å². The second-order valence-corrected chi connectivity index (χ2v) is 24.2. The molecule has 0 aromatic heterocycles. The Hall–Kier alpha value is -1.59. The van der Waals surface area contributed by atoms with Crippen LogP contribution in [0.25, 0.3) is 0 Å². The van der Waals surface area contributed by atoms with Crippen LogP contribution in [-0.4, -0.2) is 37.2 Å². The number of esters is 3. The Morgan fingerprint density at radius 3 is 0.526 bits per heavy atom. The highest BCUT2D eigenvalue weighted by Gasteiger charge is 2.19. The molecule has 0 aliphatic rings. The molecule has 6 nitrogen and oxygen atoms in total. The van der Waals surface area contributed by atoms with E-state index in [2.05, 4.69) is 20.8 Å². The third-order valence-electron chi connectivity index (χ3n) is 16.4. The SMILES string of the molecule is CCCCCCCCCCCCCCCCCCCCCCCCCCC(=O)OCC(COC(=O)CCCCCCCCCCCCCCCCCCC)OC(=O)CCCCCCCCCCCCCCCCCCC. The molecule has 6 heteroatoms. The largest absolute Gasteiger partial charge is 0.462 e. The van der Waals surface area contributed by atoms with E-state index in [0.717, 1.165) is 57.8 Å². The van der Waals surface area contributed by atoms with Crippen LogP contribution in [0.1, 0.15) is 412 Å². The normalized spacial score (nSPS) is 11.9. The van der Waals surface area contributed by atoms with Crippen molar-refractivity contribution < 1.29 is 28.6 Å². The molecule has 0 fully saturated rings. The van der Waals surface area contributed by atoms with Gasteiger partial charge < -0.3 is 14.2 Å². The maximum Gasteiger partial charge on any atom is 0.306 e. The molecule has 452 valence electrons. The lowest BCUT2D eigenvalue weighted by Crippen LogP contribution is -2.30. The quantitative estimate of drug-likeness (QED) is 0.0343. The Labute approximate surface area is 476 Å². The van der Waals surface area contributed by atoms with E-state index >= 15 is 0 Å². The standard InChI is InChI=1S/C70H136O6/c1-4-7-10-13-16-19-22-25-28-31-32-33-34-35-36-37-40-42-45-48-51-54-57-60-63-69(72)75-66-67(76-70(73)64-61-58-55-52-49-46-43-39-30-27-24-21-18-15-12-9-6-3)65-74-68(71)62-59-56-53-50-47-44-41-38-29-26-23-20-17-14-11-8-5-2/h67H,4-66H2,1-3H3. The summed E-state index contributed by atoms with van der Waals surface area (Å²) >= 11 is 0. The fourth-order valence-corrected chi connectivity index (χ4v) is 11.1. The number of rotatable bonds is 66. The molecule has 0 aromatic rings. The lowest BCUT2D eigenvalue weighted by atomic mass is 10.0. The van der Waals surface area contributed by atoms with Gasteiger partial charge in [0.05, 0.1) is 0 Å². The summed E-state index contributed by atoms with van der Waals surface area (Å²) in [5.74, 6) is -0.819. The molecule has 0 aliphatic carbocycles. The van der Waals surface area contributed by atoms with Crippen LogP contribution in [-0.2, 0) is 28.6 Å². The summed E-state index contributed by atoms with van der Waals surface area (Å²) in [7, 11) is 0. The van der Waals surface area contributed by atoms with Crippen molar-refractivity contribution in [2.75, 3.05) is 13.2 Å². The van der Waals surface area contributed by atoms with Crippen LogP contribution in [0.4, 0.5) is 0 Å². The van der Waals surface area contributed by atoms with Crippen LogP contribution in [0, 0.1) is 0 Å². The molecule has 1 unspecified atom stereocenters. The smallest absolute Gasteiger partial charge is 0.306 e. The summed E-state index contributed by atoms with van der Waals surface area (Å²) in [4.78, 5) is 38.4. The highest BCUT2D eigenvalue weighted by Crippen LogP contribution is 2.19. The zero-order chi connectivity index (χ0) is 55.0. The summed E-state index contributed by atoms with van der Waals surface area (Å²) in [6.45, 7) is 6.75. The number of ether oxygens (including phenoxy) is 3. The first kappa shape index (κ1) is 74.4. The maximum absolute atomic E-state index is 12.9. The maximum atomic E-state index is 12.9. The average molecular weight is 1070 g/mol. The van der Waals surface area contributed by atoms with Gasteiger partial charge in [-0.1, -0.05) is 374 Å². The molecule has 0 saturated carbocycles. The zero-order valence-electron chi connectivity index (χ0n) is 52.1. The summed E-state index contributed by atoms with van der Waals surface area (Å²) in [6, 6.07) is 0. The van der Waals surface area contributed by atoms with E-state index in [1.807, 2.05) is 0 Å².